The van der Waals surface area contributed by atoms with E-state index in [2.05, 4.69) is 15.2 Å². The summed E-state index contributed by atoms with van der Waals surface area (Å²) in [5.41, 5.74) is 0.969. The summed E-state index contributed by atoms with van der Waals surface area (Å²) in [5, 5.41) is 7.46. The Morgan fingerprint density at radius 2 is 2.33 bits per heavy atom. The Labute approximate surface area is 72.6 Å². The number of hydrogen-bond acceptors (Lipinski definition) is 3. The number of H-pyrrole nitrogens is 1. The van der Waals surface area contributed by atoms with Crippen LogP contribution in [-0.4, -0.2) is 21.5 Å². The molecule has 0 aliphatic heterocycles. The Hall–Kier alpha value is -1.42. The van der Waals surface area contributed by atoms with Crippen molar-refractivity contribution in [3.05, 3.63) is 23.0 Å². The second-order valence-corrected chi connectivity index (χ2v) is 2.66. The van der Waals surface area contributed by atoms with Crippen molar-refractivity contribution >= 4 is 28.9 Å². The van der Waals surface area contributed by atoms with Crippen molar-refractivity contribution in [3.63, 3.8) is 0 Å². The van der Waals surface area contributed by atoms with Crippen LogP contribution in [-0.2, 0) is 0 Å². The van der Waals surface area contributed by atoms with E-state index in [4.69, 9.17) is 11.6 Å². The largest absolute Gasteiger partial charge is 0.298 e. The van der Waals surface area contributed by atoms with Gasteiger partial charge >= 0.3 is 0 Å². The van der Waals surface area contributed by atoms with Crippen LogP contribution in [0.4, 0.5) is 0 Å². The molecule has 0 aliphatic carbocycles. The monoisotopic (exact) mass is 181 g/mol. The van der Waals surface area contributed by atoms with Crippen molar-refractivity contribution < 1.29 is 4.79 Å². The van der Waals surface area contributed by atoms with Gasteiger partial charge in [-0.2, -0.15) is 5.10 Å². The quantitative estimate of drug-likeness (QED) is 0.677. The number of aromatic amines is 1. The van der Waals surface area contributed by atoms with Gasteiger partial charge in [-0.3, -0.25) is 9.89 Å². The number of carbonyl (C=O) groups excluding carboxylic acids is 1. The van der Waals surface area contributed by atoms with Gasteiger partial charge in [0.2, 0.25) is 0 Å². The van der Waals surface area contributed by atoms with Gasteiger partial charge < -0.3 is 0 Å². The summed E-state index contributed by atoms with van der Waals surface area (Å²) in [6.07, 6.45) is 3.62. The molecule has 0 bridgehead atoms. The Morgan fingerprint density at radius 3 is 3.08 bits per heavy atom. The number of carbonyl (C=O) groups is 1. The van der Waals surface area contributed by atoms with Gasteiger partial charge in [-0.25, -0.2) is 4.98 Å². The third-order valence-electron chi connectivity index (χ3n) is 1.57. The Balaban J connectivity index is 2.86. The van der Waals surface area contributed by atoms with Crippen LogP contribution < -0.4 is 0 Å². The fourth-order valence-electron chi connectivity index (χ4n) is 0.967. The molecular formula is C7H4ClN3O. The minimum absolute atomic E-state index is 0.380. The maximum absolute atomic E-state index is 10.4. The maximum atomic E-state index is 10.4. The predicted octanol–water partition coefficient (Wildman–Crippen LogP) is 1.42. The van der Waals surface area contributed by atoms with Crippen molar-refractivity contribution in [2.75, 3.05) is 0 Å². The molecule has 5 heteroatoms. The van der Waals surface area contributed by atoms with Crippen LogP contribution in [0.3, 0.4) is 0 Å². The van der Waals surface area contributed by atoms with Crippen LogP contribution in [0.5, 0.6) is 0 Å². The minimum atomic E-state index is 0.380. The van der Waals surface area contributed by atoms with Crippen LogP contribution in [0, 0.1) is 0 Å². The lowest BCUT2D eigenvalue weighted by atomic mass is 10.2. The average Bonchev–Trinajstić information content (AvgIpc) is 2.53. The highest BCUT2D eigenvalue weighted by atomic mass is 35.5. The molecule has 4 nitrogen and oxygen atoms in total. The zero-order valence-electron chi connectivity index (χ0n) is 5.91. The third kappa shape index (κ3) is 0.887. The van der Waals surface area contributed by atoms with E-state index >= 15 is 0 Å². The Morgan fingerprint density at radius 1 is 1.50 bits per heavy atom. The molecule has 0 amide bonds. The predicted molar refractivity (Wildman–Crippen MR) is 44.3 cm³/mol. The highest BCUT2D eigenvalue weighted by molar-refractivity contribution is 6.37. The van der Waals surface area contributed by atoms with E-state index in [1.807, 2.05) is 0 Å². The molecule has 12 heavy (non-hydrogen) atoms. The first kappa shape index (κ1) is 7.24. The van der Waals surface area contributed by atoms with E-state index < -0.39 is 0 Å². The topological polar surface area (TPSA) is 58.6 Å². The highest BCUT2D eigenvalue weighted by Gasteiger charge is 2.06. The van der Waals surface area contributed by atoms with Crippen molar-refractivity contribution in [1.29, 1.82) is 0 Å². The highest BCUT2D eigenvalue weighted by Crippen LogP contribution is 2.22. The fourth-order valence-corrected chi connectivity index (χ4v) is 1.20. The van der Waals surface area contributed by atoms with Crippen molar-refractivity contribution in [2.45, 2.75) is 0 Å². The molecule has 2 aromatic rings. The van der Waals surface area contributed by atoms with Gasteiger partial charge in [0, 0.05) is 6.20 Å². The SMILES string of the molecule is O=Cc1cnc2[nH]ncc2c1Cl. The summed E-state index contributed by atoms with van der Waals surface area (Å²) >= 11 is 5.85. The van der Waals surface area contributed by atoms with Crippen molar-refractivity contribution in [3.8, 4) is 0 Å². The molecular weight excluding hydrogens is 178 g/mol. The number of halogens is 1. The number of hydrogen-bond donors (Lipinski definition) is 1. The summed E-state index contributed by atoms with van der Waals surface area (Å²) in [6.45, 7) is 0. The molecule has 0 radical (unpaired) electrons. The molecule has 0 aromatic carbocycles. The van der Waals surface area contributed by atoms with Gasteiger partial charge in [-0.05, 0) is 0 Å². The molecule has 0 saturated carbocycles. The normalized spacial score (nSPS) is 10.4. The van der Waals surface area contributed by atoms with E-state index in [-0.39, 0.29) is 0 Å². The molecule has 1 N–H and O–H groups in total. The van der Waals surface area contributed by atoms with E-state index in [0.717, 1.165) is 0 Å². The molecule has 2 heterocycles. The zero-order chi connectivity index (χ0) is 8.55. The van der Waals surface area contributed by atoms with E-state index in [9.17, 15) is 4.79 Å². The summed E-state index contributed by atoms with van der Waals surface area (Å²) in [7, 11) is 0. The number of nitrogens with zero attached hydrogens (tertiary/aromatic N) is 2. The number of nitrogens with one attached hydrogen (secondary N) is 1. The molecule has 0 spiro atoms. The van der Waals surface area contributed by atoms with Gasteiger partial charge in [-0.1, -0.05) is 11.6 Å². The summed E-state index contributed by atoms with van der Waals surface area (Å²) in [4.78, 5) is 14.4. The van der Waals surface area contributed by atoms with Crippen LogP contribution in [0.25, 0.3) is 11.0 Å². The fraction of sp³-hybridized carbons (Fsp3) is 0. The van der Waals surface area contributed by atoms with E-state index in [1.54, 1.807) is 0 Å². The summed E-state index contributed by atoms with van der Waals surface area (Å²) in [6, 6.07) is 0. The number of rotatable bonds is 1. The minimum Gasteiger partial charge on any atom is -0.298 e. The Bertz CT molecular complexity index is 437. The number of pyridine rings is 1. The summed E-state index contributed by atoms with van der Waals surface area (Å²) in [5.74, 6) is 0. The lowest BCUT2D eigenvalue weighted by Crippen LogP contribution is -1.85. The van der Waals surface area contributed by atoms with Gasteiger partial charge in [0.15, 0.2) is 11.9 Å². The third-order valence-corrected chi connectivity index (χ3v) is 1.99. The first-order chi connectivity index (χ1) is 5.83. The number of fused-ring (bicyclic) bond motifs is 1. The maximum Gasteiger partial charge on any atom is 0.156 e. The first-order valence-corrected chi connectivity index (χ1v) is 3.63. The van der Waals surface area contributed by atoms with Gasteiger partial charge in [0.1, 0.15) is 0 Å². The first-order valence-electron chi connectivity index (χ1n) is 3.25. The average molecular weight is 182 g/mol. The molecule has 2 rings (SSSR count). The lowest BCUT2D eigenvalue weighted by Gasteiger charge is -1.94. The van der Waals surface area contributed by atoms with Gasteiger partial charge in [0.05, 0.1) is 22.2 Å². The molecule has 0 atom stereocenters. The van der Waals surface area contributed by atoms with E-state index in [1.165, 1.54) is 12.4 Å². The molecule has 60 valence electrons. The molecule has 0 fully saturated rings. The van der Waals surface area contributed by atoms with Crippen LogP contribution in [0.1, 0.15) is 10.4 Å². The summed E-state index contributed by atoms with van der Waals surface area (Å²) < 4.78 is 0. The number of aromatic nitrogens is 3. The van der Waals surface area contributed by atoms with Crippen LogP contribution in [0.15, 0.2) is 12.4 Å². The van der Waals surface area contributed by atoms with Gasteiger partial charge in [-0.15, -0.1) is 0 Å². The Kier molecular flexibility index (Phi) is 1.55. The second kappa shape index (κ2) is 2.57. The smallest absolute Gasteiger partial charge is 0.156 e. The van der Waals surface area contributed by atoms with Crippen molar-refractivity contribution in [2.24, 2.45) is 0 Å². The lowest BCUT2D eigenvalue weighted by molar-refractivity contribution is 0.112. The number of aldehydes is 1. The van der Waals surface area contributed by atoms with Crippen molar-refractivity contribution in [1.82, 2.24) is 15.2 Å². The van der Waals surface area contributed by atoms with E-state index in [0.29, 0.717) is 27.9 Å². The molecule has 0 saturated heterocycles. The van der Waals surface area contributed by atoms with Crippen LogP contribution >= 0.6 is 11.6 Å². The second-order valence-electron chi connectivity index (χ2n) is 2.28. The molecule has 0 aliphatic rings. The van der Waals surface area contributed by atoms with Crippen LogP contribution in [0.2, 0.25) is 5.02 Å². The van der Waals surface area contributed by atoms with Gasteiger partial charge in [0.25, 0.3) is 0 Å². The standard InChI is InChI=1S/C7H4ClN3O/c8-6-4(3-12)1-9-7-5(6)2-10-11-7/h1-3H,(H,9,10,11). The zero-order valence-corrected chi connectivity index (χ0v) is 6.67. The molecule has 0 unspecified atom stereocenters. The molecule has 2 aromatic heterocycles.